The van der Waals surface area contributed by atoms with Crippen LogP contribution in [0.15, 0.2) is 36.4 Å². The summed E-state index contributed by atoms with van der Waals surface area (Å²) in [6.07, 6.45) is 7.27. The Morgan fingerprint density at radius 3 is 2.17 bits per heavy atom. The summed E-state index contributed by atoms with van der Waals surface area (Å²) >= 11 is 0. The van der Waals surface area contributed by atoms with Gasteiger partial charge in [-0.15, -0.1) is 0 Å². The Bertz CT molecular complexity index is 620. The second-order valence-corrected chi connectivity index (χ2v) is 5.80. The molecule has 0 aliphatic carbocycles. The number of halogens is 2. The number of unbranched alkanes of at least 4 members (excludes halogenated alkanes) is 4. The van der Waals surface area contributed by atoms with Crippen molar-refractivity contribution in [2.45, 2.75) is 45.4 Å². The van der Waals surface area contributed by atoms with E-state index in [-0.39, 0.29) is 11.3 Å². The van der Waals surface area contributed by atoms with Crippen molar-refractivity contribution in [3.05, 3.63) is 53.6 Å². The molecule has 0 fully saturated rings. The van der Waals surface area contributed by atoms with Gasteiger partial charge in [0, 0.05) is 5.56 Å². The largest absolute Gasteiger partial charge is 0.494 e. The van der Waals surface area contributed by atoms with Crippen LogP contribution in [0.1, 0.15) is 44.6 Å². The first-order valence-electron chi connectivity index (χ1n) is 8.28. The quantitative estimate of drug-likeness (QED) is 0.530. The molecule has 1 nitrogen and oxygen atoms in total. The molecule has 0 N–H and O–H groups in total. The van der Waals surface area contributed by atoms with Crippen molar-refractivity contribution in [3.63, 3.8) is 0 Å². The molecule has 0 saturated heterocycles. The van der Waals surface area contributed by atoms with Gasteiger partial charge in [0.05, 0.1) is 7.11 Å². The molecule has 2 aromatic rings. The molecule has 0 bridgehead atoms. The van der Waals surface area contributed by atoms with Crippen molar-refractivity contribution in [3.8, 4) is 16.9 Å². The van der Waals surface area contributed by atoms with Crippen molar-refractivity contribution >= 4 is 0 Å². The van der Waals surface area contributed by atoms with Crippen molar-refractivity contribution in [2.75, 3.05) is 7.11 Å². The number of hydrogen-bond acceptors (Lipinski definition) is 1. The van der Waals surface area contributed by atoms with Crippen LogP contribution < -0.4 is 4.74 Å². The lowest BCUT2D eigenvalue weighted by atomic mass is 10.0. The molecule has 124 valence electrons. The van der Waals surface area contributed by atoms with Gasteiger partial charge in [0.1, 0.15) is 0 Å². The third-order valence-corrected chi connectivity index (χ3v) is 4.10. The zero-order valence-corrected chi connectivity index (χ0v) is 13.9. The molecule has 3 heteroatoms. The molecule has 0 unspecified atom stereocenters. The summed E-state index contributed by atoms with van der Waals surface area (Å²) in [7, 11) is 1.33. The minimum atomic E-state index is -0.940. The van der Waals surface area contributed by atoms with E-state index in [1.165, 1.54) is 50.8 Å². The van der Waals surface area contributed by atoms with E-state index >= 15 is 0 Å². The van der Waals surface area contributed by atoms with Gasteiger partial charge < -0.3 is 4.74 Å². The van der Waals surface area contributed by atoms with Crippen molar-refractivity contribution < 1.29 is 13.5 Å². The summed E-state index contributed by atoms with van der Waals surface area (Å²) in [5.41, 5.74) is 2.18. The van der Waals surface area contributed by atoms with E-state index in [0.29, 0.717) is 5.56 Å². The summed E-state index contributed by atoms with van der Waals surface area (Å²) in [6, 6.07) is 10.7. The van der Waals surface area contributed by atoms with E-state index in [1.807, 2.05) is 24.3 Å². The van der Waals surface area contributed by atoms with Gasteiger partial charge in [0.15, 0.2) is 11.6 Å². The summed E-state index contributed by atoms with van der Waals surface area (Å²) < 4.78 is 32.7. The van der Waals surface area contributed by atoms with Crippen LogP contribution in [0.5, 0.6) is 5.75 Å². The first-order valence-corrected chi connectivity index (χ1v) is 8.28. The number of hydrogen-bond donors (Lipinski definition) is 0. The maximum Gasteiger partial charge on any atom is 0.201 e. The first kappa shape index (κ1) is 17.5. The molecule has 0 aliphatic heterocycles. The Morgan fingerprint density at radius 2 is 1.52 bits per heavy atom. The molecule has 2 rings (SSSR count). The summed E-state index contributed by atoms with van der Waals surface area (Å²) in [6.45, 7) is 2.21. The first-order chi connectivity index (χ1) is 11.2. The minimum absolute atomic E-state index is 0.0741. The van der Waals surface area contributed by atoms with Crippen LogP contribution in [0.2, 0.25) is 0 Å². The highest BCUT2D eigenvalue weighted by Gasteiger charge is 2.14. The van der Waals surface area contributed by atoms with Gasteiger partial charge >= 0.3 is 0 Å². The average Bonchev–Trinajstić information content (AvgIpc) is 2.58. The zero-order valence-electron chi connectivity index (χ0n) is 13.9. The van der Waals surface area contributed by atoms with Crippen molar-refractivity contribution in [1.82, 2.24) is 0 Å². The Morgan fingerprint density at radius 1 is 0.826 bits per heavy atom. The van der Waals surface area contributed by atoms with E-state index in [4.69, 9.17) is 4.74 Å². The smallest absolute Gasteiger partial charge is 0.201 e. The molecule has 0 amide bonds. The average molecular weight is 318 g/mol. The predicted octanol–water partition coefficient (Wildman–Crippen LogP) is 6.15. The van der Waals surface area contributed by atoms with Gasteiger partial charge in [0.2, 0.25) is 5.82 Å². The Labute approximate surface area is 137 Å². The molecule has 0 atom stereocenters. The molecule has 2 aromatic carbocycles. The highest BCUT2D eigenvalue weighted by atomic mass is 19.2. The van der Waals surface area contributed by atoms with Gasteiger partial charge in [-0.25, -0.2) is 4.39 Å². The number of aryl methyl sites for hydroxylation is 1. The lowest BCUT2D eigenvalue weighted by molar-refractivity contribution is 0.372. The second kappa shape index (κ2) is 8.66. The van der Waals surface area contributed by atoms with Gasteiger partial charge in [-0.1, -0.05) is 56.9 Å². The van der Waals surface area contributed by atoms with E-state index in [9.17, 15) is 8.78 Å². The Kier molecular flexibility index (Phi) is 6.57. The third kappa shape index (κ3) is 4.54. The Balaban J connectivity index is 2.04. The van der Waals surface area contributed by atoms with Gasteiger partial charge in [0.25, 0.3) is 0 Å². The fraction of sp³-hybridized carbons (Fsp3) is 0.400. The molecule has 0 radical (unpaired) electrons. The second-order valence-electron chi connectivity index (χ2n) is 5.80. The molecule has 0 heterocycles. The van der Waals surface area contributed by atoms with Gasteiger partial charge in [-0.2, -0.15) is 4.39 Å². The maximum atomic E-state index is 14.1. The highest BCUT2D eigenvalue weighted by Crippen LogP contribution is 2.29. The van der Waals surface area contributed by atoms with Gasteiger partial charge in [-0.3, -0.25) is 0 Å². The van der Waals surface area contributed by atoms with E-state index in [2.05, 4.69) is 6.92 Å². The van der Waals surface area contributed by atoms with E-state index in [1.54, 1.807) is 6.07 Å². The minimum Gasteiger partial charge on any atom is -0.494 e. The van der Waals surface area contributed by atoms with Crippen molar-refractivity contribution in [2.24, 2.45) is 0 Å². The molecule has 23 heavy (non-hydrogen) atoms. The molecule has 0 aliphatic rings. The van der Waals surface area contributed by atoms with Crippen LogP contribution >= 0.6 is 0 Å². The number of rotatable bonds is 8. The molecule has 0 aromatic heterocycles. The standard InChI is InChI=1S/C20H24F2O/c1-3-4-5-6-7-8-15-9-11-16(12-10-15)17-13-14-18(23-2)20(22)19(17)21/h9-14H,3-8H2,1-2H3. The molecule has 0 spiro atoms. The number of ether oxygens (including phenoxy) is 1. The van der Waals surface area contributed by atoms with E-state index in [0.717, 1.165) is 6.42 Å². The fourth-order valence-corrected chi connectivity index (χ4v) is 2.70. The normalized spacial score (nSPS) is 10.8. The summed E-state index contributed by atoms with van der Waals surface area (Å²) in [4.78, 5) is 0. The fourth-order valence-electron chi connectivity index (χ4n) is 2.70. The van der Waals surface area contributed by atoms with Crippen LogP contribution in [0.4, 0.5) is 8.78 Å². The SMILES string of the molecule is CCCCCCCc1ccc(-c2ccc(OC)c(F)c2F)cc1. The molecular formula is C20H24F2O. The zero-order chi connectivity index (χ0) is 16.7. The van der Waals surface area contributed by atoms with Crippen LogP contribution in [0.25, 0.3) is 11.1 Å². The number of methoxy groups -OCH3 is 1. The van der Waals surface area contributed by atoms with Crippen LogP contribution in [-0.2, 0) is 6.42 Å². The highest BCUT2D eigenvalue weighted by molar-refractivity contribution is 5.65. The van der Waals surface area contributed by atoms with Crippen molar-refractivity contribution in [1.29, 1.82) is 0 Å². The molecular weight excluding hydrogens is 294 g/mol. The van der Waals surface area contributed by atoms with Gasteiger partial charge in [-0.05, 0) is 36.1 Å². The maximum absolute atomic E-state index is 14.1. The number of benzene rings is 2. The summed E-state index contributed by atoms with van der Waals surface area (Å²) in [5, 5.41) is 0. The monoisotopic (exact) mass is 318 g/mol. The van der Waals surface area contributed by atoms with Crippen LogP contribution in [-0.4, -0.2) is 7.11 Å². The predicted molar refractivity (Wildman–Crippen MR) is 90.8 cm³/mol. The van der Waals surface area contributed by atoms with Crippen LogP contribution in [0.3, 0.4) is 0 Å². The molecule has 0 saturated carbocycles. The summed E-state index contributed by atoms with van der Waals surface area (Å²) in [5.74, 6) is -1.88. The topological polar surface area (TPSA) is 9.23 Å². The Hall–Kier alpha value is -1.90. The van der Waals surface area contributed by atoms with Crippen LogP contribution in [0, 0.1) is 11.6 Å². The van der Waals surface area contributed by atoms with E-state index < -0.39 is 11.6 Å². The lowest BCUT2D eigenvalue weighted by Crippen LogP contribution is -1.95. The lowest BCUT2D eigenvalue weighted by Gasteiger charge is -2.09. The third-order valence-electron chi connectivity index (χ3n) is 4.10.